The predicted molar refractivity (Wildman–Crippen MR) is 79.1 cm³/mol. The van der Waals surface area contributed by atoms with Crippen LogP contribution in [0.4, 0.5) is 0 Å². The maximum Gasteiger partial charge on any atom is 0.0626 e. The van der Waals surface area contributed by atoms with E-state index in [4.69, 9.17) is 0 Å². The zero-order chi connectivity index (χ0) is 13.7. The Labute approximate surface area is 123 Å². The maximum absolute atomic E-state index is 10.8. The van der Waals surface area contributed by atoms with Gasteiger partial charge in [-0.3, -0.25) is 0 Å². The van der Waals surface area contributed by atoms with E-state index in [1.54, 1.807) is 0 Å². The van der Waals surface area contributed by atoms with Crippen LogP contribution >= 0.6 is 0 Å². The molecule has 2 nitrogen and oxygen atoms in total. The minimum atomic E-state index is -0.204. The van der Waals surface area contributed by atoms with Crippen LogP contribution in [-0.4, -0.2) is 22.4 Å². The number of aliphatic hydroxyl groups excluding tert-OH is 2. The Balaban J connectivity index is 1.46. The summed E-state index contributed by atoms with van der Waals surface area (Å²) in [6.07, 6.45) is 12.7. The van der Waals surface area contributed by atoms with Gasteiger partial charge in [0.1, 0.15) is 0 Å². The molecule has 0 radical (unpaired) electrons. The second-order valence-electron chi connectivity index (χ2n) is 8.21. The molecule has 4 aliphatic rings. The summed E-state index contributed by atoms with van der Waals surface area (Å²) in [5, 5.41) is 21.6. The fourth-order valence-electron chi connectivity index (χ4n) is 6.43. The maximum atomic E-state index is 10.8. The van der Waals surface area contributed by atoms with E-state index in [-0.39, 0.29) is 18.1 Å². The Hall–Kier alpha value is -0.0800. The summed E-state index contributed by atoms with van der Waals surface area (Å²) < 4.78 is 0. The van der Waals surface area contributed by atoms with Crippen molar-refractivity contribution < 1.29 is 10.2 Å². The van der Waals surface area contributed by atoms with Gasteiger partial charge in [0.15, 0.2) is 0 Å². The van der Waals surface area contributed by atoms with E-state index in [1.165, 1.54) is 64.2 Å². The van der Waals surface area contributed by atoms with Gasteiger partial charge in [-0.05, 0) is 42.4 Å². The molecule has 6 atom stereocenters. The van der Waals surface area contributed by atoms with Crippen LogP contribution in [0.3, 0.4) is 0 Å². The van der Waals surface area contributed by atoms with E-state index in [1.807, 2.05) is 0 Å². The first kappa shape index (κ1) is 13.6. The summed E-state index contributed by atoms with van der Waals surface area (Å²) in [6, 6.07) is 0. The highest BCUT2D eigenvalue weighted by atomic mass is 16.3. The molecule has 0 amide bonds. The molecule has 0 aromatic heterocycles. The van der Waals surface area contributed by atoms with Crippen LogP contribution in [0.2, 0.25) is 0 Å². The minimum Gasteiger partial charge on any atom is -0.392 e. The highest BCUT2D eigenvalue weighted by Crippen LogP contribution is 2.56. The van der Waals surface area contributed by atoms with E-state index in [9.17, 15) is 10.2 Å². The van der Waals surface area contributed by atoms with E-state index < -0.39 is 0 Å². The van der Waals surface area contributed by atoms with Crippen molar-refractivity contribution in [2.45, 2.75) is 76.4 Å². The van der Waals surface area contributed by atoms with Gasteiger partial charge in [-0.15, -0.1) is 0 Å². The van der Waals surface area contributed by atoms with Gasteiger partial charge in [0.2, 0.25) is 0 Å². The van der Waals surface area contributed by atoms with Gasteiger partial charge in [0.25, 0.3) is 0 Å². The van der Waals surface area contributed by atoms with E-state index >= 15 is 0 Å². The van der Waals surface area contributed by atoms with Crippen molar-refractivity contribution in [2.75, 3.05) is 0 Å². The van der Waals surface area contributed by atoms with Crippen molar-refractivity contribution in [1.29, 1.82) is 0 Å². The third kappa shape index (κ3) is 2.06. The number of aliphatic hydroxyl groups is 2. The molecule has 2 N–H and O–H groups in total. The lowest BCUT2D eigenvalue weighted by Crippen LogP contribution is -2.35. The monoisotopic (exact) mass is 278 g/mol. The molecule has 114 valence electrons. The Morgan fingerprint density at radius 1 is 0.550 bits per heavy atom. The van der Waals surface area contributed by atoms with Crippen molar-refractivity contribution in [1.82, 2.24) is 0 Å². The summed E-state index contributed by atoms with van der Waals surface area (Å²) in [6.45, 7) is 0. The first-order chi connectivity index (χ1) is 9.75. The molecule has 0 saturated heterocycles. The number of fused-ring (bicyclic) bond motifs is 1. The zero-order valence-corrected chi connectivity index (χ0v) is 12.6. The lowest BCUT2D eigenvalue weighted by molar-refractivity contribution is -0.0152. The zero-order valence-electron chi connectivity index (χ0n) is 12.6. The van der Waals surface area contributed by atoms with Crippen LogP contribution in [0.25, 0.3) is 0 Å². The fourth-order valence-corrected chi connectivity index (χ4v) is 6.43. The molecule has 4 saturated carbocycles. The minimum absolute atomic E-state index is 0.204. The molecule has 4 rings (SSSR count). The quantitative estimate of drug-likeness (QED) is 0.813. The van der Waals surface area contributed by atoms with Crippen molar-refractivity contribution in [3.05, 3.63) is 0 Å². The topological polar surface area (TPSA) is 40.5 Å². The molecular formula is C18H30O2. The average Bonchev–Trinajstić information content (AvgIpc) is 3.17. The molecule has 0 aromatic carbocycles. The second kappa shape index (κ2) is 5.28. The molecule has 20 heavy (non-hydrogen) atoms. The van der Waals surface area contributed by atoms with Crippen molar-refractivity contribution in [3.8, 4) is 0 Å². The summed E-state index contributed by atoms with van der Waals surface area (Å²) in [5.74, 6) is 3.36. The highest BCUT2D eigenvalue weighted by molar-refractivity contribution is 5.05. The Bertz CT molecular complexity index is 311. The number of hydrogen-bond acceptors (Lipinski definition) is 2. The summed E-state index contributed by atoms with van der Waals surface area (Å²) in [7, 11) is 0. The van der Waals surface area contributed by atoms with Gasteiger partial charge in [0.05, 0.1) is 12.2 Å². The SMILES string of the molecule is OC1C2C(C[C@@H]1C1CCCC1)C[C@@H](C1CCCC1)C2O. The third-order valence-electron chi connectivity index (χ3n) is 7.37. The number of rotatable bonds is 2. The predicted octanol–water partition coefficient (Wildman–Crippen LogP) is 3.36. The molecule has 4 aliphatic carbocycles. The van der Waals surface area contributed by atoms with Crippen LogP contribution in [0, 0.1) is 35.5 Å². The number of hydrogen-bond donors (Lipinski definition) is 2. The fraction of sp³-hybridized carbons (Fsp3) is 1.00. The average molecular weight is 278 g/mol. The second-order valence-corrected chi connectivity index (χ2v) is 8.21. The van der Waals surface area contributed by atoms with Crippen molar-refractivity contribution in [2.24, 2.45) is 35.5 Å². The summed E-state index contributed by atoms with van der Waals surface area (Å²) in [4.78, 5) is 0. The first-order valence-corrected chi connectivity index (χ1v) is 9.12. The molecule has 0 heterocycles. The van der Waals surface area contributed by atoms with Crippen LogP contribution in [0.15, 0.2) is 0 Å². The van der Waals surface area contributed by atoms with Crippen LogP contribution < -0.4 is 0 Å². The Morgan fingerprint density at radius 2 is 0.950 bits per heavy atom. The van der Waals surface area contributed by atoms with Crippen LogP contribution in [0.5, 0.6) is 0 Å². The Morgan fingerprint density at radius 3 is 1.30 bits per heavy atom. The molecule has 0 bridgehead atoms. The largest absolute Gasteiger partial charge is 0.392 e. The third-order valence-corrected chi connectivity index (χ3v) is 7.37. The highest BCUT2D eigenvalue weighted by Gasteiger charge is 2.55. The van der Waals surface area contributed by atoms with Crippen molar-refractivity contribution >= 4 is 0 Å². The van der Waals surface area contributed by atoms with Gasteiger partial charge < -0.3 is 10.2 Å². The molecule has 0 aromatic rings. The van der Waals surface area contributed by atoms with Gasteiger partial charge >= 0.3 is 0 Å². The molecule has 4 unspecified atom stereocenters. The van der Waals surface area contributed by atoms with Gasteiger partial charge in [-0.25, -0.2) is 0 Å². The molecule has 2 heteroatoms. The lowest BCUT2D eigenvalue weighted by Gasteiger charge is -2.30. The summed E-state index contributed by atoms with van der Waals surface area (Å²) >= 11 is 0. The van der Waals surface area contributed by atoms with Crippen LogP contribution in [0.1, 0.15) is 64.2 Å². The standard InChI is InChI=1S/C18H30O2/c19-17-14(11-5-1-2-6-11)9-13-10-15(18(20)16(13)17)12-7-3-4-8-12/h11-20H,1-10H2/t13?,14-,15+,16?,17?,18?. The lowest BCUT2D eigenvalue weighted by atomic mass is 9.80. The Kier molecular flexibility index (Phi) is 3.58. The molecule has 4 fully saturated rings. The molecular weight excluding hydrogens is 248 g/mol. The van der Waals surface area contributed by atoms with Gasteiger partial charge in [-0.1, -0.05) is 51.4 Å². The normalized spacial score (nSPS) is 50.1. The van der Waals surface area contributed by atoms with Crippen LogP contribution in [-0.2, 0) is 0 Å². The van der Waals surface area contributed by atoms with Gasteiger partial charge in [-0.2, -0.15) is 0 Å². The van der Waals surface area contributed by atoms with Crippen molar-refractivity contribution in [3.63, 3.8) is 0 Å². The van der Waals surface area contributed by atoms with Gasteiger partial charge in [0, 0.05) is 5.92 Å². The van der Waals surface area contributed by atoms with E-state index in [2.05, 4.69) is 0 Å². The first-order valence-electron chi connectivity index (χ1n) is 9.12. The molecule has 0 spiro atoms. The summed E-state index contributed by atoms with van der Waals surface area (Å²) in [5.41, 5.74) is 0. The van der Waals surface area contributed by atoms with E-state index in [0.717, 1.165) is 11.8 Å². The molecule has 0 aliphatic heterocycles. The van der Waals surface area contributed by atoms with E-state index in [0.29, 0.717) is 17.8 Å². The smallest absolute Gasteiger partial charge is 0.0626 e.